The second-order valence-corrected chi connectivity index (χ2v) is 16.8. The van der Waals surface area contributed by atoms with Crippen LogP contribution in [0, 0.1) is 0 Å². The van der Waals surface area contributed by atoms with Crippen molar-refractivity contribution >= 4 is 11.9 Å². The first-order valence-electron chi connectivity index (χ1n) is 24.8. The zero-order chi connectivity index (χ0) is 41.5. The number of carbonyl (C=O) groups is 2. The third-order valence-corrected chi connectivity index (χ3v) is 11.2. The number of ether oxygens (including phenoxy) is 1. The summed E-state index contributed by atoms with van der Waals surface area (Å²) < 4.78 is 5.45. The van der Waals surface area contributed by atoms with Crippen molar-refractivity contribution in [1.29, 1.82) is 0 Å². The lowest BCUT2D eigenvalue weighted by Gasteiger charge is -2.20. The van der Waals surface area contributed by atoms with Crippen LogP contribution in [0.3, 0.4) is 0 Å². The molecule has 0 bridgehead atoms. The molecule has 0 aliphatic heterocycles. The number of rotatable bonds is 45. The molecule has 0 rings (SSSR count). The number of carbonyl (C=O) groups excluding carboxylic acids is 2. The molecule has 6 heteroatoms. The van der Waals surface area contributed by atoms with E-state index in [1.165, 1.54) is 173 Å². The number of amides is 1. The lowest BCUT2D eigenvalue weighted by Crippen LogP contribution is -2.45. The van der Waals surface area contributed by atoms with Crippen molar-refractivity contribution in [1.82, 2.24) is 5.32 Å². The molecule has 0 aliphatic carbocycles. The van der Waals surface area contributed by atoms with Crippen LogP contribution >= 0.6 is 0 Å². The minimum atomic E-state index is -0.846. The van der Waals surface area contributed by atoms with Gasteiger partial charge in [0.2, 0.25) is 5.91 Å². The third kappa shape index (κ3) is 43.5. The van der Waals surface area contributed by atoms with Gasteiger partial charge < -0.3 is 20.3 Å². The highest BCUT2D eigenvalue weighted by atomic mass is 16.5. The minimum absolute atomic E-state index is 0.0112. The fourth-order valence-corrected chi connectivity index (χ4v) is 7.30. The molecule has 1 amide bonds. The van der Waals surface area contributed by atoms with Crippen LogP contribution in [0.2, 0.25) is 0 Å². The predicted octanol–water partition coefficient (Wildman–Crippen LogP) is 14.5. The number of nitrogens with one attached hydrogen (secondary N) is 1. The molecule has 0 saturated heterocycles. The van der Waals surface area contributed by atoms with Gasteiger partial charge in [0.15, 0.2) is 0 Å². The van der Waals surface area contributed by atoms with Crippen LogP contribution in [0.25, 0.3) is 0 Å². The first-order valence-corrected chi connectivity index (χ1v) is 24.8. The Balaban J connectivity index is 3.43. The summed E-state index contributed by atoms with van der Waals surface area (Å²) >= 11 is 0. The van der Waals surface area contributed by atoms with Crippen LogP contribution in [0.15, 0.2) is 36.5 Å². The Hall–Kier alpha value is -1.92. The van der Waals surface area contributed by atoms with E-state index in [9.17, 15) is 19.8 Å². The second-order valence-electron chi connectivity index (χ2n) is 16.8. The van der Waals surface area contributed by atoms with Gasteiger partial charge in [-0.25, -0.2) is 0 Å². The van der Waals surface area contributed by atoms with Gasteiger partial charge in [-0.2, -0.15) is 0 Å². The fourth-order valence-electron chi connectivity index (χ4n) is 7.30. The van der Waals surface area contributed by atoms with Gasteiger partial charge in [0.05, 0.1) is 25.4 Å². The van der Waals surface area contributed by atoms with Gasteiger partial charge in [-0.15, -0.1) is 0 Å². The minimum Gasteiger partial charge on any atom is -0.466 e. The molecule has 57 heavy (non-hydrogen) atoms. The van der Waals surface area contributed by atoms with E-state index < -0.39 is 12.1 Å². The van der Waals surface area contributed by atoms with Crippen LogP contribution in [0.4, 0.5) is 0 Å². The maximum Gasteiger partial charge on any atom is 0.305 e. The third-order valence-electron chi connectivity index (χ3n) is 11.2. The highest BCUT2D eigenvalue weighted by Gasteiger charge is 2.18. The Kier molecular flexibility index (Phi) is 45.2. The van der Waals surface area contributed by atoms with E-state index in [0.29, 0.717) is 19.4 Å². The first-order chi connectivity index (χ1) is 28.0. The molecule has 0 radical (unpaired) electrons. The lowest BCUT2D eigenvalue weighted by molar-refractivity contribution is -0.143. The van der Waals surface area contributed by atoms with Gasteiger partial charge in [-0.3, -0.25) is 9.59 Å². The molecule has 0 heterocycles. The standard InChI is InChI=1S/C51H95NO5/c1-3-5-7-9-11-13-14-15-22-25-29-33-37-41-45-51(56)57-46-42-38-34-30-26-23-20-18-16-17-19-21-24-28-32-36-40-44-50(55)52-48(47-53)49(54)43-39-35-31-27-12-10-8-6-4-2/h9,11,14-15,39,43,48-49,53-54H,3-8,10,12-13,16-38,40-42,44-47H2,1-2H3,(H,52,55)/b11-9-,15-14-,43-39+. The molecule has 0 spiro atoms. The molecule has 3 N–H and O–H groups in total. The Bertz CT molecular complexity index is 931. The van der Waals surface area contributed by atoms with Crippen LogP contribution in [-0.4, -0.2) is 47.4 Å². The molecular weight excluding hydrogens is 707 g/mol. The van der Waals surface area contributed by atoms with Crippen molar-refractivity contribution in [3.05, 3.63) is 36.5 Å². The number of aliphatic hydroxyl groups excluding tert-OH is 2. The summed E-state index contributed by atoms with van der Waals surface area (Å²) in [5, 5.41) is 22.9. The molecule has 0 aliphatic rings. The van der Waals surface area contributed by atoms with Crippen LogP contribution in [-0.2, 0) is 14.3 Å². The molecule has 2 atom stereocenters. The average molecular weight is 802 g/mol. The van der Waals surface area contributed by atoms with E-state index in [0.717, 1.165) is 51.4 Å². The van der Waals surface area contributed by atoms with E-state index in [2.05, 4.69) is 43.5 Å². The van der Waals surface area contributed by atoms with Crippen molar-refractivity contribution in [3.63, 3.8) is 0 Å². The zero-order valence-corrected chi connectivity index (χ0v) is 37.8. The smallest absolute Gasteiger partial charge is 0.305 e. The number of hydrogen-bond donors (Lipinski definition) is 3. The summed E-state index contributed by atoms with van der Waals surface area (Å²) in [4.78, 5) is 24.4. The molecule has 0 fully saturated rings. The van der Waals surface area contributed by atoms with Gasteiger partial charge in [-0.05, 0) is 57.8 Å². The van der Waals surface area contributed by atoms with E-state index in [4.69, 9.17) is 4.74 Å². The Labute approximate surface area is 353 Å². The first kappa shape index (κ1) is 55.1. The number of unbranched alkanes of at least 4 members (excludes halogenated alkanes) is 30. The predicted molar refractivity (Wildman–Crippen MR) is 246 cm³/mol. The molecule has 6 nitrogen and oxygen atoms in total. The highest BCUT2D eigenvalue weighted by Crippen LogP contribution is 2.15. The largest absolute Gasteiger partial charge is 0.466 e. The number of esters is 1. The van der Waals surface area contributed by atoms with Gasteiger partial charge in [-0.1, -0.05) is 217 Å². The molecule has 0 aromatic carbocycles. The van der Waals surface area contributed by atoms with Crippen LogP contribution in [0.5, 0.6) is 0 Å². The summed E-state index contributed by atoms with van der Waals surface area (Å²) in [5.41, 5.74) is 0. The Morgan fingerprint density at radius 2 is 0.895 bits per heavy atom. The van der Waals surface area contributed by atoms with Crippen molar-refractivity contribution in [2.45, 2.75) is 264 Å². The SMILES string of the molecule is CCCC/C=C\C/C=C\CCCCCCCC(=O)OCCCCCCCCCCCCCCCCCCCC(=O)NC(CO)C(O)/C=C/CCCCCCCCC. The highest BCUT2D eigenvalue weighted by molar-refractivity contribution is 5.76. The Morgan fingerprint density at radius 3 is 1.39 bits per heavy atom. The van der Waals surface area contributed by atoms with Crippen LogP contribution in [0.1, 0.15) is 251 Å². The molecule has 0 saturated carbocycles. The zero-order valence-electron chi connectivity index (χ0n) is 37.8. The second kappa shape index (κ2) is 46.8. The quantitative estimate of drug-likeness (QED) is 0.0324. The van der Waals surface area contributed by atoms with Crippen molar-refractivity contribution in [2.24, 2.45) is 0 Å². The van der Waals surface area contributed by atoms with Gasteiger partial charge >= 0.3 is 5.97 Å². The molecule has 0 aromatic rings. The number of aliphatic hydroxyl groups is 2. The van der Waals surface area contributed by atoms with Crippen molar-refractivity contribution in [3.8, 4) is 0 Å². The Morgan fingerprint density at radius 1 is 0.491 bits per heavy atom. The summed E-state index contributed by atoms with van der Waals surface area (Å²) in [6.45, 7) is 4.81. The average Bonchev–Trinajstić information content (AvgIpc) is 3.21. The van der Waals surface area contributed by atoms with Crippen LogP contribution < -0.4 is 5.32 Å². The van der Waals surface area contributed by atoms with E-state index in [1.807, 2.05) is 6.08 Å². The van der Waals surface area contributed by atoms with Gasteiger partial charge in [0, 0.05) is 12.8 Å². The lowest BCUT2D eigenvalue weighted by atomic mass is 10.0. The van der Waals surface area contributed by atoms with Crippen molar-refractivity contribution in [2.75, 3.05) is 13.2 Å². The number of allylic oxidation sites excluding steroid dienone is 5. The van der Waals surface area contributed by atoms with E-state index in [-0.39, 0.29) is 18.5 Å². The van der Waals surface area contributed by atoms with Crippen molar-refractivity contribution < 1.29 is 24.5 Å². The van der Waals surface area contributed by atoms with E-state index >= 15 is 0 Å². The summed E-state index contributed by atoms with van der Waals surface area (Å²) in [6, 6.07) is -0.630. The topological polar surface area (TPSA) is 95.9 Å². The maximum absolute atomic E-state index is 12.4. The number of hydrogen-bond acceptors (Lipinski definition) is 5. The molecule has 0 aromatic heterocycles. The normalized spacial score (nSPS) is 13.0. The summed E-state index contributed by atoms with van der Waals surface area (Å²) in [5.74, 6) is -0.0887. The molecular formula is C51H95NO5. The summed E-state index contributed by atoms with van der Waals surface area (Å²) in [7, 11) is 0. The molecule has 2 unspecified atom stereocenters. The van der Waals surface area contributed by atoms with Gasteiger partial charge in [0.1, 0.15) is 0 Å². The van der Waals surface area contributed by atoms with Gasteiger partial charge in [0.25, 0.3) is 0 Å². The monoisotopic (exact) mass is 802 g/mol. The molecule has 334 valence electrons. The van der Waals surface area contributed by atoms with E-state index in [1.54, 1.807) is 6.08 Å². The summed E-state index contributed by atoms with van der Waals surface area (Å²) in [6.07, 6.45) is 55.7. The maximum atomic E-state index is 12.4. The fraction of sp³-hybridized carbons (Fsp3) is 0.843.